The molecule has 0 atom stereocenters. The Kier molecular flexibility index (Phi) is 3.29. The van der Waals surface area contributed by atoms with E-state index < -0.39 is 0 Å². The number of anilines is 1. The summed E-state index contributed by atoms with van der Waals surface area (Å²) in [7, 11) is 1.87. The molecule has 4 heteroatoms. The van der Waals surface area contributed by atoms with Crippen LogP contribution >= 0.6 is 0 Å². The van der Waals surface area contributed by atoms with E-state index in [1.165, 1.54) is 0 Å². The maximum absolute atomic E-state index is 6.16. The van der Waals surface area contributed by atoms with Crippen LogP contribution in [0, 0.1) is 0 Å². The van der Waals surface area contributed by atoms with Gasteiger partial charge in [0.15, 0.2) is 0 Å². The van der Waals surface area contributed by atoms with Crippen LogP contribution in [0.4, 0.5) is 5.82 Å². The summed E-state index contributed by atoms with van der Waals surface area (Å²) in [6.07, 6.45) is 3.33. The Morgan fingerprint density at radius 1 is 1.10 bits per heavy atom. The Morgan fingerprint density at radius 2 is 1.90 bits per heavy atom. The molecule has 0 unspecified atom stereocenters. The van der Waals surface area contributed by atoms with E-state index in [1.54, 1.807) is 10.9 Å². The van der Waals surface area contributed by atoms with Gasteiger partial charge in [0.1, 0.15) is 11.6 Å². The van der Waals surface area contributed by atoms with E-state index in [0.717, 1.165) is 35.4 Å². The number of nitrogens with two attached hydrogens (primary N) is 1. The third-order valence-electron chi connectivity index (χ3n) is 3.41. The number of nitrogen functional groups attached to an aromatic ring is 1. The number of rotatable bonds is 4. The summed E-state index contributed by atoms with van der Waals surface area (Å²) in [4.78, 5) is 0. The fourth-order valence-electron chi connectivity index (χ4n) is 2.39. The summed E-state index contributed by atoms with van der Waals surface area (Å²) in [5, 5.41) is 4.54. The average molecular weight is 267 g/mol. The lowest BCUT2D eigenvalue weighted by Gasteiger charge is -2.03. The lowest BCUT2D eigenvalue weighted by Crippen LogP contribution is -1.98. The van der Waals surface area contributed by atoms with Crippen LogP contribution < -0.4 is 5.73 Å². The van der Waals surface area contributed by atoms with E-state index in [-0.39, 0.29) is 0 Å². The quantitative estimate of drug-likeness (QED) is 0.790. The first-order valence-corrected chi connectivity index (χ1v) is 6.65. The Bertz CT molecular complexity index is 684. The first-order valence-electron chi connectivity index (χ1n) is 6.65. The van der Waals surface area contributed by atoms with E-state index in [2.05, 4.69) is 17.2 Å². The van der Waals surface area contributed by atoms with Gasteiger partial charge in [-0.15, -0.1) is 0 Å². The van der Waals surface area contributed by atoms with Gasteiger partial charge in [-0.3, -0.25) is 4.68 Å². The summed E-state index contributed by atoms with van der Waals surface area (Å²) in [6, 6.07) is 14.0. The predicted octanol–water partition coefficient (Wildman–Crippen LogP) is 3.05. The number of hydrogen-bond donors (Lipinski definition) is 1. The van der Waals surface area contributed by atoms with Crippen molar-refractivity contribution in [3.63, 3.8) is 0 Å². The van der Waals surface area contributed by atoms with Gasteiger partial charge in [-0.2, -0.15) is 5.10 Å². The summed E-state index contributed by atoms with van der Waals surface area (Å²) >= 11 is 0. The Morgan fingerprint density at radius 3 is 2.60 bits per heavy atom. The van der Waals surface area contributed by atoms with Crippen molar-refractivity contribution >= 4 is 5.82 Å². The van der Waals surface area contributed by atoms with Crippen LogP contribution in [0.25, 0.3) is 11.1 Å². The van der Waals surface area contributed by atoms with Gasteiger partial charge in [-0.1, -0.05) is 30.3 Å². The molecule has 1 aromatic carbocycles. The average Bonchev–Trinajstić information content (AvgIpc) is 3.07. The molecule has 0 saturated carbocycles. The van der Waals surface area contributed by atoms with Crippen molar-refractivity contribution < 1.29 is 4.42 Å². The second-order valence-corrected chi connectivity index (χ2v) is 4.78. The monoisotopic (exact) mass is 267 g/mol. The van der Waals surface area contributed by atoms with E-state index in [0.29, 0.717) is 5.82 Å². The van der Waals surface area contributed by atoms with Gasteiger partial charge < -0.3 is 10.2 Å². The molecule has 0 amide bonds. The van der Waals surface area contributed by atoms with Crippen LogP contribution in [0.5, 0.6) is 0 Å². The highest BCUT2D eigenvalue weighted by atomic mass is 16.3. The third-order valence-corrected chi connectivity index (χ3v) is 3.41. The van der Waals surface area contributed by atoms with Crippen molar-refractivity contribution in [1.82, 2.24) is 9.78 Å². The fourth-order valence-corrected chi connectivity index (χ4v) is 2.39. The van der Waals surface area contributed by atoms with Gasteiger partial charge in [-0.05, 0) is 24.1 Å². The molecule has 20 heavy (non-hydrogen) atoms. The Hall–Kier alpha value is -2.49. The molecular weight excluding hydrogens is 250 g/mol. The lowest BCUT2D eigenvalue weighted by molar-refractivity contribution is 0.507. The second kappa shape index (κ2) is 5.25. The van der Waals surface area contributed by atoms with Gasteiger partial charge in [0, 0.05) is 19.0 Å². The molecular formula is C16H17N3O. The van der Waals surface area contributed by atoms with Gasteiger partial charge in [0.05, 0.1) is 12.0 Å². The highest BCUT2D eigenvalue weighted by Crippen LogP contribution is 2.29. The largest absolute Gasteiger partial charge is 0.469 e. The molecule has 0 aliphatic heterocycles. The Labute approximate surface area is 117 Å². The molecule has 3 aromatic rings. The van der Waals surface area contributed by atoms with Crippen LogP contribution in [0.3, 0.4) is 0 Å². The molecule has 2 heterocycles. The maximum Gasteiger partial charge on any atom is 0.129 e. The molecule has 2 N–H and O–H groups in total. The summed E-state index contributed by atoms with van der Waals surface area (Å²) in [5.74, 6) is 1.67. The van der Waals surface area contributed by atoms with E-state index in [9.17, 15) is 0 Å². The normalized spacial score (nSPS) is 10.8. The summed E-state index contributed by atoms with van der Waals surface area (Å²) < 4.78 is 7.11. The number of nitrogens with zero attached hydrogens (tertiary/aromatic N) is 2. The van der Waals surface area contributed by atoms with Crippen LogP contribution in [0.2, 0.25) is 0 Å². The predicted molar refractivity (Wildman–Crippen MR) is 79.2 cm³/mol. The topological polar surface area (TPSA) is 57.0 Å². The molecule has 0 radical (unpaired) electrons. The van der Waals surface area contributed by atoms with Crippen molar-refractivity contribution in [3.05, 3.63) is 60.2 Å². The minimum Gasteiger partial charge on any atom is -0.469 e. The lowest BCUT2D eigenvalue weighted by atomic mass is 10.0. The minimum atomic E-state index is 0.700. The van der Waals surface area contributed by atoms with E-state index >= 15 is 0 Å². The highest BCUT2D eigenvalue weighted by molar-refractivity contribution is 5.76. The van der Waals surface area contributed by atoms with E-state index in [1.807, 2.05) is 37.4 Å². The number of furan rings is 1. The summed E-state index contributed by atoms with van der Waals surface area (Å²) in [6.45, 7) is 0. The van der Waals surface area contributed by atoms with Crippen molar-refractivity contribution in [2.75, 3.05) is 5.73 Å². The van der Waals surface area contributed by atoms with Gasteiger partial charge >= 0.3 is 0 Å². The molecule has 0 fully saturated rings. The molecule has 2 aromatic heterocycles. The second-order valence-electron chi connectivity index (χ2n) is 4.78. The number of aromatic nitrogens is 2. The fraction of sp³-hybridized carbons (Fsp3) is 0.188. The molecule has 0 aliphatic rings. The number of hydrogen-bond acceptors (Lipinski definition) is 3. The van der Waals surface area contributed by atoms with Gasteiger partial charge in [0.25, 0.3) is 0 Å². The van der Waals surface area contributed by atoms with Crippen molar-refractivity contribution in [2.24, 2.45) is 7.05 Å². The van der Waals surface area contributed by atoms with Crippen molar-refractivity contribution in [1.29, 1.82) is 0 Å². The molecule has 102 valence electrons. The molecule has 4 nitrogen and oxygen atoms in total. The summed E-state index contributed by atoms with van der Waals surface area (Å²) in [5.41, 5.74) is 9.30. The van der Waals surface area contributed by atoms with Crippen LogP contribution in [-0.4, -0.2) is 9.78 Å². The van der Waals surface area contributed by atoms with E-state index in [4.69, 9.17) is 10.2 Å². The molecule has 0 aliphatic carbocycles. The number of benzene rings is 1. The third kappa shape index (κ3) is 2.32. The zero-order chi connectivity index (χ0) is 13.9. The zero-order valence-corrected chi connectivity index (χ0v) is 11.4. The van der Waals surface area contributed by atoms with Gasteiger partial charge in [-0.25, -0.2) is 0 Å². The first kappa shape index (κ1) is 12.5. The zero-order valence-electron chi connectivity index (χ0n) is 11.4. The van der Waals surface area contributed by atoms with Gasteiger partial charge in [0.2, 0.25) is 0 Å². The molecule has 0 saturated heterocycles. The molecule has 0 bridgehead atoms. The SMILES string of the molecule is Cn1nc(CCc2ccco2)c(-c2ccccc2)c1N. The minimum absolute atomic E-state index is 0.700. The Balaban J connectivity index is 1.93. The standard InChI is InChI=1S/C16H17N3O/c1-19-16(17)15(12-6-3-2-4-7-12)14(18-19)10-9-13-8-5-11-20-13/h2-8,11H,9-10,17H2,1H3. The molecule has 0 spiro atoms. The molecule has 3 rings (SSSR count). The smallest absolute Gasteiger partial charge is 0.129 e. The highest BCUT2D eigenvalue weighted by Gasteiger charge is 2.15. The van der Waals surface area contributed by atoms with Crippen molar-refractivity contribution in [3.8, 4) is 11.1 Å². The van der Waals surface area contributed by atoms with Crippen LogP contribution in [0.15, 0.2) is 53.1 Å². The van der Waals surface area contributed by atoms with Crippen LogP contribution in [-0.2, 0) is 19.9 Å². The first-order chi connectivity index (χ1) is 9.75. The van der Waals surface area contributed by atoms with Crippen molar-refractivity contribution in [2.45, 2.75) is 12.8 Å². The number of aryl methyl sites for hydroxylation is 3. The van der Waals surface area contributed by atoms with Crippen LogP contribution in [0.1, 0.15) is 11.5 Å². The maximum atomic E-state index is 6.16.